The molecule has 20 heavy (non-hydrogen) atoms. The highest BCUT2D eigenvalue weighted by molar-refractivity contribution is 7.98. The lowest BCUT2D eigenvalue weighted by Crippen LogP contribution is -2.50. The summed E-state index contributed by atoms with van der Waals surface area (Å²) in [6.07, 6.45) is 1.95. The number of hydrogen-bond donors (Lipinski definition) is 2. The molecule has 0 bridgehead atoms. The first-order valence-electron chi connectivity index (χ1n) is 6.18. The summed E-state index contributed by atoms with van der Waals surface area (Å²) < 4.78 is 0. The monoisotopic (exact) mass is 296 g/mol. The van der Waals surface area contributed by atoms with Gasteiger partial charge in [0.25, 0.3) is 0 Å². The second kappa shape index (κ2) is 6.65. The van der Waals surface area contributed by atoms with Crippen LogP contribution < -0.4 is 5.32 Å². The average molecular weight is 296 g/mol. The third-order valence-corrected chi connectivity index (χ3v) is 3.39. The van der Waals surface area contributed by atoms with Gasteiger partial charge in [0.15, 0.2) is 0 Å². The van der Waals surface area contributed by atoms with Crippen LogP contribution in [0.3, 0.4) is 0 Å². The van der Waals surface area contributed by atoms with Crippen molar-refractivity contribution >= 4 is 29.4 Å². The van der Waals surface area contributed by atoms with Gasteiger partial charge in [-0.1, -0.05) is 6.07 Å². The minimum absolute atomic E-state index is 0.336. The molecule has 0 aromatic heterocycles. The lowest BCUT2D eigenvalue weighted by molar-refractivity contribution is -0.138. The van der Waals surface area contributed by atoms with Crippen molar-refractivity contribution < 1.29 is 14.7 Å². The molecule has 0 radical (unpaired) electrons. The van der Waals surface area contributed by atoms with E-state index in [1.54, 1.807) is 38.6 Å². The highest BCUT2D eigenvalue weighted by Gasteiger charge is 2.28. The maximum Gasteiger partial charge on any atom is 0.323 e. The molecule has 6 heteroatoms. The summed E-state index contributed by atoms with van der Waals surface area (Å²) >= 11 is 1.58. The molecule has 1 aromatic rings. The fourth-order valence-electron chi connectivity index (χ4n) is 1.64. The smallest absolute Gasteiger partial charge is 0.323 e. The zero-order valence-electron chi connectivity index (χ0n) is 12.1. The number of carboxylic acids is 1. The molecule has 0 spiro atoms. The number of nitrogens with one attached hydrogen (secondary N) is 1. The quantitative estimate of drug-likeness (QED) is 0.838. The standard InChI is InChI=1S/C14H20N2O3S/c1-14(2,3)16(9-12(17)18)13(19)15-10-6-5-7-11(8-10)20-4/h5-8H,9H2,1-4H3,(H,15,19)(H,17,18). The molecule has 0 aliphatic carbocycles. The molecule has 0 saturated heterocycles. The number of thioether (sulfide) groups is 1. The van der Waals surface area contributed by atoms with E-state index in [-0.39, 0.29) is 6.54 Å². The Morgan fingerprint density at radius 1 is 1.35 bits per heavy atom. The van der Waals surface area contributed by atoms with Gasteiger partial charge in [0.05, 0.1) is 0 Å². The van der Waals surface area contributed by atoms with Crippen LogP contribution in [0.15, 0.2) is 29.2 Å². The van der Waals surface area contributed by atoms with E-state index in [1.165, 1.54) is 4.90 Å². The minimum atomic E-state index is -1.03. The van der Waals surface area contributed by atoms with Gasteiger partial charge in [-0.2, -0.15) is 0 Å². The van der Waals surface area contributed by atoms with Crippen molar-refractivity contribution in [3.8, 4) is 0 Å². The predicted octanol–water partition coefficient (Wildman–Crippen LogP) is 3.13. The van der Waals surface area contributed by atoms with Crippen LogP contribution in [0.25, 0.3) is 0 Å². The molecule has 2 amide bonds. The summed E-state index contributed by atoms with van der Waals surface area (Å²) in [5.74, 6) is -1.03. The maximum absolute atomic E-state index is 12.2. The van der Waals surface area contributed by atoms with Gasteiger partial charge in [0, 0.05) is 16.1 Å². The van der Waals surface area contributed by atoms with Crippen molar-refractivity contribution in [3.05, 3.63) is 24.3 Å². The van der Waals surface area contributed by atoms with Crippen LogP contribution in [-0.4, -0.2) is 40.3 Å². The fraction of sp³-hybridized carbons (Fsp3) is 0.429. The number of hydrogen-bond acceptors (Lipinski definition) is 3. The number of anilines is 1. The first-order chi connectivity index (χ1) is 9.24. The summed E-state index contributed by atoms with van der Waals surface area (Å²) in [5.41, 5.74) is 0.0843. The van der Waals surface area contributed by atoms with Crippen LogP contribution in [0.5, 0.6) is 0 Å². The molecule has 1 aromatic carbocycles. The normalized spacial score (nSPS) is 11.0. The molecule has 1 rings (SSSR count). The third-order valence-electron chi connectivity index (χ3n) is 2.67. The lowest BCUT2D eigenvalue weighted by atomic mass is 10.1. The number of carbonyl (C=O) groups excluding carboxylic acids is 1. The number of amides is 2. The van der Waals surface area contributed by atoms with Crippen molar-refractivity contribution in [2.24, 2.45) is 0 Å². The van der Waals surface area contributed by atoms with E-state index in [0.717, 1.165) is 4.90 Å². The Balaban J connectivity index is 2.87. The summed E-state index contributed by atoms with van der Waals surface area (Å²) in [6, 6.07) is 7.00. The molecule has 0 fully saturated rings. The minimum Gasteiger partial charge on any atom is -0.480 e. The van der Waals surface area contributed by atoms with E-state index in [1.807, 2.05) is 24.5 Å². The van der Waals surface area contributed by atoms with E-state index in [0.29, 0.717) is 5.69 Å². The Morgan fingerprint density at radius 2 is 2.00 bits per heavy atom. The van der Waals surface area contributed by atoms with Crippen LogP contribution in [0.2, 0.25) is 0 Å². The summed E-state index contributed by atoms with van der Waals surface area (Å²) in [5, 5.41) is 11.7. The Hall–Kier alpha value is -1.69. The number of carboxylic acid groups (broad SMARTS) is 1. The number of carbonyl (C=O) groups is 2. The summed E-state index contributed by atoms with van der Waals surface area (Å²) in [4.78, 5) is 25.5. The molecule has 0 atom stereocenters. The lowest BCUT2D eigenvalue weighted by Gasteiger charge is -2.34. The van der Waals surface area contributed by atoms with Gasteiger partial charge in [-0.25, -0.2) is 4.79 Å². The molecule has 0 aliphatic rings. The van der Waals surface area contributed by atoms with Crippen molar-refractivity contribution in [2.45, 2.75) is 31.2 Å². The molecule has 110 valence electrons. The Morgan fingerprint density at radius 3 is 2.50 bits per heavy atom. The number of benzene rings is 1. The fourth-order valence-corrected chi connectivity index (χ4v) is 2.10. The topological polar surface area (TPSA) is 69.6 Å². The zero-order chi connectivity index (χ0) is 15.3. The molecule has 0 heterocycles. The largest absolute Gasteiger partial charge is 0.480 e. The number of rotatable bonds is 4. The molecule has 2 N–H and O–H groups in total. The van der Waals surface area contributed by atoms with Crippen molar-refractivity contribution in [1.82, 2.24) is 4.90 Å². The molecule has 5 nitrogen and oxygen atoms in total. The highest BCUT2D eigenvalue weighted by Crippen LogP contribution is 2.20. The average Bonchev–Trinajstić information content (AvgIpc) is 2.34. The van der Waals surface area contributed by atoms with E-state index in [9.17, 15) is 9.59 Å². The first kappa shape index (κ1) is 16.4. The molecule has 0 unspecified atom stereocenters. The second-order valence-corrected chi connectivity index (χ2v) is 6.19. The van der Waals surface area contributed by atoms with Gasteiger partial charge < -0.3 is 15.3 Å². The molecular weight excluding hydrogens is 276 g/mol. The van der Waals surface area contributed by atoms with Gasteiger partial charge in [0.1, 0.15) is 6.54 Å². The van der Waals surface area contributed by atoms with Crippen LogP contribution in [0.4, 0.5) is 10.5 Å². The van der Waals surface area contributed by atoms with E-state index >= 15 is 0 Å². The maximum atomic E-state index is 12.2. The third kappa shape index (κ3) is 4.77. The van der Waals surface area contributed by atoms with Crippen LogP contribution in [0, 0.1) is 0 Å². The van der Waals surface area contributed by atoms with Gasteiger partial charge >= 0.3 is 12.0 Å². The Kier molecular flexibility index (Phi) is 5.44. The van der Waals surface area contributed by atoms with E-state index < -0.39 is 17.5 Å². The molecule has 0 aliphatic heterocycles. The van der Waals surface area contributed by atoms with Crippen molar-refractivity contribution in [2.75, 3.05) is 18.1 Å². The van der Waals surface area contributed by atoms with E-state index in [2.05, 4.69) is 5.32 Å². The number of urea groups is 1. The van der Waals surface area contributed by atoms with Crippen molar-refractivity contribution in [1.29, 1.82) is 0 Å². The SMILES string of the molecule is CSc1cccc(NC(=O)N(CC(=O)O)C(C)(C)C)c1. The van der Waals surface area contributed by atoms with Gasteiger partial charge in [-0.15, -0.1) is 11.8 Å². The first-order valence-corrected chi connectivity index (χ1v) is 7.41. The van der Waals surface area contributed by atoms with Gasteiger partial charge in [-0.3, -0.25) is 4.79 Å². The number of nitrogens with zero attached hydrogens (tertiary/aromatic N) is 1. The van der Waals surface area contributed by atoms with Crippen LogP contribution >= 0.6 is 11.8 Å². The van der Waals surface area contributed by atoms with Gasteiger partial charge in [0.2, 0.25) is 0 Å². The second-order valence-electron chi connectivity index (χ2n) is 5.31. The number of aliphatic carboxylic acids is 1. The highest BCUT2D eigenvalue weighted by atomic mass is 32.2. The zero-order valence-corrected chi connectivity index (χ0v) is 13.0. The van der Waals surface area contributed by atoms with Gasteiger partial charge in [-0.05, 0) is 45.2 Å². The molecule has 0 saturated carbocycles. The Labute approximate surface area is 123 Å². The Bertz CT molecular complexity index is 497. The van der Waals surface area contributed by atoms with E-state index in [4.69, 9.17) is 5.11 Å². The van der Waals surface area contributed by atoms with Crippen LogP contribution in [-0.2, 0) is 4.79 Å². The van der Waals surface area contributed by atoms with Crippen molar-refractivity contribution in [3.63, 3.8) is 0 Å². The summed E-state index contributed by atoms with van der Waals surface area (Å²) in [7, 11) is 0. The molecular formula is C14H20N2O3S. The predicted molar refractivity (Wildman–Crippen MR) is 81.3 cm³/mol. The summed E-state index contributed by atoms with van der Waals surface area (Å²) in [6.45, 7) is 5.06. The van der Waals surface area contributed by atoms with Crippen LogP contribution in [0.1, 0.15) is 20.8 Å².